The van der Waals surface area contributed by atoms with Crippen molar-refractivity contribution in [2.24, 2.45) is 5.73 Å². The molecule has 0 unspecified atom stereocenters. The van der Waals surface area contributed by atoms with E-state index in [2.05, 4.69) is 0 Å². The third-order valence-corrected chi connectivity index (χ3v) is 3.40. The third-order valence-electron chi connectivity index (χ3n) is 3.07. The Hall–Kier alpha value is -1.10. The fourth-order valence-electron chi connectivity index (χ4n) is 1.98. The van der Waals surface area contributed by atoms with E-state index in [0.29, 0.717) is 30.3 Å². The van der Waals surface area contributed by atoms with Crippen LogP contribution in [-0.4, -0.2) is 42.6 Å². The van der Waals surface area contributed by atoms with E-state index < -0.39 is 0 Å². The molecule has 1 aromatic carbocycles. The molecule has 2 rings (SSSR count). The van der Waals surface area contributed by atoms with Gasteiger partial charge < -0.3 is 15.4 Å². The molecule has 98 valence electrons. The molecule has 2 N–H and O–H groups in total. The van der Waals surface area contributed by atoms with Crippen molar-refractivity contribution in [3.63, 3.8) is 0 Å². The monoisotopic (exact) mass is 268 g/mol. The number of nitrogens with zero attached hydrogens (tertiary/aromatic N) is 1. The Morgan fingerprint density at radius 3 is 2.94 bits per heavy atom. The first-order chi connectivity index (χ1) is 8.59. The summed E-state index contributed by atoms with van der Waals surface area (Å²) in [6.07, 6.45) is -0.106. The predicted molar refractivity (Wildman–Crippen MR) is 70.7 cm³/mol. The summed E-state index contributed by atoms with van der Waals surface area (Å²) in [4.78, 5) is 14.1. The molecular formula is C13H17ClN2O2. The fraction of sp³-hybridized carbons (Fsp3) is 0.462. The number of hydrogen-bond acceptors (Lipinski definition) is 3. The number of rotatable bonds is 2. The van der Waals surface area contributed by atoms with Crippen LogP contribution in [0.4, 0.5) is 0 Å². The van der Waals surface area contributed by atoms with Crippen molar-refractivity contribution in [2.75, 3.05) is 19.7 Å². The van der Waals surface area contributed by atoms with Crippen LogP contribution in [0.5, 0.6) is 0 Å². The molecule has 0 saturated carbocycles. The largest absolute Gasteiger partial charge is 0.373 e. The van der Waals surface area contributed by atoms with Gasteiger partial charge >= 0.3 is 0 Å². The van der Waals surface area contributed by atoms with Crippen molar-refractivity contribution in [2.45, 2.75) is 19.1 Å². The molecule has 0 spiro atoms. The first-order valence-electron chi connectivity index (χ1n) is 6.00. The maximum Gasteiger partial charge on any atom is 0.255 e. The second-order valence-electron chi connectivity index (χ2n) is 4.50. The van der Waals surface area contributed by atoms with Crippen LogP contribution in [0.1, 0.15) is 17.3 Å². The van der Waals surface area contributed by atoms with Gasteiger partial charge in [-0.05, 0) is 19.1 Å². The van der Waals surface area contributed by atoms with Crippen molar-refractivity contribution in [1.82, 2.24) is 4.90 Å². The molecule has 4 nitrogen and oxygen atoms in total. The van der Waals surface area contributed by atoms with Gasteiger partial charge in [0.05, 0.1) is 23.3 Å². The standard InChI is InChI=1S/C13H17ClN2O2/c1-9(15)12-8-16(6-7-18-12)13(17)10-4-2-3-5-11(10)14/h2-5,9,12H,6-8,15H2,1H3/t9-,12+/m1/s1. The average Bonchev–Trinajstić information content (AvgIpc) is 2.38. The number of halogens is 1. The van der Waals surface area contributed by atoms with Crippen molar-refractivity contribution in [1.29, 1.82) is 0 Å². The average molecular weight is 269 g/mol. The Labute approximate surface area is 112 Å². The van der Waals surface area contributed by atoms with Gasteiger partial charge in [-0.3, -0.25) is 4.79 Å². The van der Waals surface area contributed by atoms with Gasteiger partial charge in [0.15, 0.2) is 0 Å². The van der Waals surface area contributed by atoms with E-state index >= 15 is 0 Å². The fourth-order valence-corrected chi connectivity index (χ4v) is 2.20. The first kappa shape index (κ1) is 13.3. The summed E-state index contributed by atoms with van der Waals surface area (Å²) in [6.45, 7) is 3.49. The summed E-state index contributed by atoms with van der Waals surface area (Å²) in [5.41, 5.74) is 6.34. The van der Waals surface area contributed by atoms with E-state index in [9.17, 15) is 4.79 Å². The smallest absolute Gasteiger partial charge is 0.255 e. The molecule has 1 aromatic rings. The summed E-state index contributed by atoms with van der Waals surface area (Å²) in [5.74, 6) is -0.0606. The number of ether oxygens (including phenoxy) is 1. The van der Waals surface area contributed by atoms with Gasteiger partial charge in [0.1, 0.15) is 0 Å². The van der Waals surface area contributed by atoms with Crippen LogP contribution in [0.3, 0.4) is 0 Å². The number of nitrogens with two attached hydrogens (primary N) is 1. The third kappa shape index (κ3) is 2.83. The summed E-state index contributed by atoms with van der Waals surface area (Å²) in [6, 6.07) is 6.98. The molecular weight excluding hydrogens is 252 g/mol. The van der Waals surface area contributed by atoms with E-state index in [-0.39, 0.29) is 18.1 Å². The summed E-state index contributed by atoms with van der Waals surface area (Å²) in [7, 11) is 0. The van der Waals surface area contributed by atoms with E-state index in [1.807, 2.05) is 19.1 Å². The quantitative estimate of drug-likeness (QED) is 0.885. The zero-order valence-electron chi connectivity index (χ0n) is 10.3. The molecule has 0 bridgehead atoms. The summed E-state index contributed by atoms with van der Waals surface area (Å²) < 4.78 is 5.53. The predicted octanol–water partition coefficient (Wildman–Crippen LogP) is 1.53. The molecule has 5 heteroatoms. The lowest BCUT2D eigenvalue weighted by Gasteiger charge is -2.34. The molecule has 0 radical (unpaired) electrons. The van der Waals surface area contributed by atoms with E-state index in [0.717, 1.165) is 0 Å². The van der Waals surface area contributed by atoms with Crippen molar-refractivity contribution < 1.29 is 9.53 Å². The van der Waals surface area contributed by atoms with Crippen LogP contribution in [-0.2, 0) is 4.74 Å². The minimum atomic E-state index is -0.106. The number of carbonyl (C=O) groups excluding carboxylic acids is 1. The Morgan fingerprint density at radius 1 is 1.56 bits per heavy atom. The van der Waals surface area contributed by atoms with Crippen molar-refractivity contribution in [3.8, 4) is 0 Å². The topological polar surface area (TPSA) is 55.6 Å². The highest BCUT2D eigenvalue weighted by molar-refractivity contribution is 6.33. The van der Waals surface area contributed by atoms with E-state index in [1.54, 1.807) is 17.0 Å². The van der Waals surface area contributed by atoms with Gasteiger partial charge in [-0.2, -0.15) is 0 Å². The Balaban J connectivity index is 2.12. The van der Waals surface area contributed by atoms with Gasteiger partial charge in [0.2, 0.25) is 0 Å². The highest BCUT2D eigenvalue weighted by Crippen LogP contribution is 2.19. The lowest BCUT2D eigenvalue weighted by molar-refractivity contribution is -0.0300. The Bertz CT molecular complexity index is 437. The lowest BCUT2D eigenvalue weighted by atomic mass is 10.1. The molecule has 1 heterocycles. The molecule has 1 fully saturated rings. The van der Waals surface area contributed by atoms with Crippen LogP contribution >= 0.6 is 11.6 Å². The molecule has 1 aliphatic heterocycles. The van der Waals surface area contributed by atoms with Crippen LogP contribution in [0, 0.1) is 0 Å². The highest BCUT2D eigenvalue weighted by Gasteiger charge is 2.27. The lowest BCUT2D eigenvalue weighted by Crippen LogP contribution is -2.51. The van der Waals surface area contributed by atoms with Gasteiger partial charge in [-0.25, -0.2) is 0 Å². The molecule has 18 heavy (non-hydrogen) atoms. The Morgan fingerprint density at radius 2 is 2.28 bits per heavy atom. The van der Waals surface area contributed by atoms with Crippen LogP contribution in [0.2, 0.25) is 5.02 Å². The Kier molecular flexibility index (Phi) is 4.22. The normalized spacial score (nSPS) is 21.7. The van der Waals surface area contributed by atoms with Crippen LogP contribution < -0.4 is 5.73 Å². The van der Waals surface area contributed by atoms with E-state index in [4.69, 9.17) is 22.1 Å². The summed E-state index contributed by atoms with van der Waals surface area (Å²) in [5, 5.41) is 0.478. The number of morpholine rings is 1. The maximum atomic E-state index is 12.3. The minimum Gasteiger partial charge on any atom is -0.373 e. The molecule has 1 amide bonds. The number of amides is 1. The number of carbonyl (C=O) groups is 1. The van der Waals surface area contributed by atoms with E-state index in [1.165, 1.54) is 0 Å². The van der Waals surface area contributed by atoms with Gasteiger partial charge in [-0.1, -0.05) is 23.7 Å². The van der Waals surface area contributed by atoms with Crippen molar-refractivity contribution in [3.05, 3.63) is 34.9 Å². The molecule has 1 saturated heterocycles. The number of benzene rings is 1. The van der Waals surface area contributed by atoms with Crippen molar-refractivity contribution >= 4 is 17.5 Å². The minimum absolute atomic E-state index is 0.0606. The second-order valence-corrected chi connectivity index (χ2v) is 4.91. The highest BCUT2D eigenvalue weighted by atomic mass is 35.5. The van der Waals surface area contributed by atoms with Crippen LogP contribution in [0.25, 0.3) is 0 Å². The summed E-state index contributed by atoms with van der Waals surface area (Å²) >= 11 is 6.03. The second kappa shape index (κ2) is 5.69. The van der Waals surface area contributed by atoms with Gasteiger partial charge in [0.25, 0.3) is 5.91 Å². The zero-order chi connectivity index (χ0) is 13.1. The SMILES string of the molecule is C[C@@H](N)[C@@H]1CN(C(=O)c2ccccc2Cl)CCO1. The van der Waals surface area contributed by atoms with Gasteiger partial charge in [0, 0.05) is 19.1 Å². The number of hydrogen-bond donors (Lipinski definition) is 1. The maximum absolute atomic E-state index is 12.3. The van der Waals surface area contributed by atoms with Gasteiger partial charge in [-0.15, -0.1) is 0 Å². The molecule has 0 aliphatic carbocycles. The van der Waals surface area contributed by atoms with Crippen LogP contribution in [0.15, 0.2) is 24.3 Å². The zero-order valence-corrected chi connectivity index (χ0v) is 11.1. The molecule has 0 aromatic heterocycles. The molecule has 2 atom stereocenters. The first-order valence-corrected chi connectivity index (χ1v) is 6.38. The molecule has 1 aliphatic rings.